The Bertz CT molecular complexity index is 348. The lowest BCUT2D eigenvalue weighted by Gasteiger charge is -2.20. The number of carboxylic acids is 1. The maximum absolute atomic E-state index is 12.5. The van der Waals surface area contributed by atoms with Crippen LogP contribution in [-0.4, -0.2) is 32.9 Å². The van der Waals surface area contributed by atoms with Crippen molar-refractivity contribution < 1.29 is 18.7 Å². The van der Waals surface area contributed by atoms with E-state index in [4.69, 9.17) is 5.11 Å². The van der Waals surface area contributed by atoms with E-state index in [2.05, 4.69) is 10.2 Å². The minimum absolute atomic E-state index is 0.236. The van der Waals surface area contributed by atoms with Crippen molar-refractivity contribution in [2.45, 2.75) is 25.7 Å². The van der Waals surface area contributed by atoms with Crippen molar-refractivity contribution in [3.8, 4) is 0 Å². The van der Waals surface area contributed by atoms with E-state index < -0.39 is 23.5 Å². The molecule has 7 heteroatoms. The molecule has 0 saturated carbocycles. The first kappa shape index (κ1) is 10.6. The highest BCUT2D eigenvalue weighted by atomic mass is 19.3. The number of halogens is 2. The molecule has 0 aliphatic carbocycles. The number of carbonyl (C=O) groups is 1. The average molecular weight is 205 g/mol. The van der Waals surface area contributed by atoms with Crippen molar-refractivity contribution in [2.75, 3.05) is 0 Å². The number of hydrogen-bond donors (Lipinski definition) is 2. The highest BCUT2D eigenvalue weighted by Crippen LogP contribution is 2.29. The number of alkyl halides is 2. The molecule has 1 aromatic rings. The minimum atomic E-state index is -2.70. The third-order valence-electron chi connectivity index (χ3n) is 1.91. The maximum atomic E-state index is 12.5. The minimum Gasteiger partial charge on any atom is -0.476 e. The first-order valence-electron chi connectivity index (χ1n) is 3.80. The monoisotopic (exact) mass is 205 g/mol. The molecule has 14 heavy (non-hydrogen) atoms. The summed E-state index contributed by atoms with van der Waals surface area (Å²) in [6.45, 7) is 2.42. The first-order chi connectivity index (χ1) is 6.37. The van der Waals surface area contributed by atoms with Gasteiger partial charge in [-0.25, -0.2) is 13.6 Å². The van der Waals surface area contributed by atoms with Gasteiger partial charge in [0.15, 0.2) is 5.69 Å². The fourth-order valence-corrected chi connectivity index (χ4v) is 0.933. The van der Waals surface area contributed by atoms with Gasteiger partial charge < -0.3 is 5.11 Å². The summed E-state index contributed by atoms with van der Waals surface area (Å²) in [5.41, 5.74) is -2.32. The highest BCUT2D eigenvalue weighted by molar-refractivity contribution is 5.86. The Morgan fingerprint density at radius 1 is 1.50 bits per heavy atom. The summed E-state index contributed by atoms with van der Waals surface area (Å²) < 4.78 is 25.1. The fourth-order valence-electron chi connectivity index (χ4n) is 0.933. The van der Waals surface area contributed by atoms with Crippen LogP contribution in [0.4, 0.5) is 8.78 Å². The van der Waals surface area contributed by atoms with Crippen LogP contribution < -0.4 is 0 Å². The molecule has 5 nitrogen and oxygen atoms in total. The summed E-state index contributed by atoms with van der Waals surface area (Å²) in [5, 5.41) is 17.4. The van der Waals surface area contributed by atoms with Crippen LogP contribution in [-0.2, 0) is 5.41 Å². The average Bonchev–Trinajstić information content (AvgIpc) is 2.51. The summed E-state index contributed by atoms with van der Waals surface area (Å²) in [7, 11) is 0. The molecule has 0 saturated heterocycles. The standard InChI is InChI=1S/C7H9F2N3O2/c1-7(2,6(8)9)4-3(5(13)14)10-12-11-4/h6H,1-2H3,(H,13,14)(H,10,11,12). The predicted molar refractivity (Wildman–Crippen MR) is 42.4 cm³/mol. The number of nitrogens with zero attached hydrogens (tertiary/aromatic N) is 2. The van der Waals surface area contributed by atoms with Crippen LogP contribution in [0.5, 0.6) is 0 Å². The van der Waals surface area contributed by atoms with Gasteiger partial charge in [-0.2, -0.15) is 10.3 Å². The van der Waals surface area contributed by atoms with Gasteiger partial charge in [-0.1, -0.05) is 0 Å². The van der Waals surface area contributed by atoms with Crippen molar-refractivity contribution >= 4 is 5.97 Å². The Hall–Kier alpha value is -1.53. The van der Waals surface area contributed by atoms with Crippen molar-refractivity contribution in [3.05, 3.63) is 11.4 Å². The molecule has 1 aromatic heterocycles. The van der Waals surface area contributed by atoms with Gasteiger partial charge >= 0.3 is 5.97 Å². The zero-order chi connectivity index (χ0) is 10.9. The van der Waals surface area contributed by atoms with Gasteiger partial charge in [-0.15, -0.1) is 5.10 Å². The fraction of sp³-hybridized carbons (Fsp3) is 0.571. The Labute approximate surface area is 78.1 Å². The molecule has 0 aliphatic rings. The predicted octanol–water partition coefficient (Wildman–Crippen LogP) is 1.05. The van der Waals surface area contributed by atoms with E-state index in [9.17, 15) is 13.6 Å². The lowest BCUT2D eigenvalue weighted by molar-refractivity contribution is 0.0617. The first-order valence-corrected chi connectivity index (χ1v) is 3.80. The smallest absolute Gasteiger partial charge is 0.358 e. The summed E-state index contributed by atoms with van der Waals surface area (Å²) in [6, 6.07) is 0. The third kappa shape index (κ3) is 1.57. The second-order valence-electron chi connectivity index (χ2n) is 3.35. The number of aromatic carboxylic acids is 1. The molecule has 78 valence electrons. The number of H-pyrrole nitrogens is 1. The number of rotatable bonds is 3. The maximum Gasteiger partial charge on any atom is 0.358 e. The van der Waals surface area contributed by atoms with Gasteiger partial charge in [-0.05, 0) is 13.8 Å². The van der Waals surface area contributed by atoms with Gasteiger partial charge in [0, 0.05) is 0 Å². The van der Waals surface area contributed by atoms with Gasteiger partial charge in [0.25, 0.3) is 0 Å². The topological polar surface area (TPSA) is 78.9 Å². The Balaban J connectivity index is 3.18. The molecule has 0 aromatic carbocycles. The van der Waals surface area contributed by atoms with E-state index in [1.807, 2.05) is 5.21 Å². The summed E-state index contributed by atoms with van der Waals surface area (Å²) >= 11 is 0. The number of aromatic nitrogens is 3. The van der Waals surface area contributed by atoms with E-state index in [1.165, 1.54) is 13.8 Å². The van der Waals surface area contributed by atoms with Gasteiger partial charge in [-0.3, -0.25) is 0 Å². The lowest BCUT2D eigenvalue weighted by Crippen LogP contribution is -2.29. The van der Waals surface area contributed by atoms with Crippen LogP contribution in [0, 0.1) is 0 Å². The van der Waals surface area contributed by atoms with Crippen LogP contribution in [0.1, 0.15) is 30.0 Å². The van der Waals surface area contributed by atoms with E-state index >= 15 is 0 Å². The quantitative estimate of drug-likeness (QED) is 0.772. The van der Waals surface area contributed by atoms with Gasteiger partial charge in [0.2, 0.25) is 6.43 Å². The number of nitrogens with one attached hydrogen (secondary N) is 1. The van der Waals surface area contributed by atoms with Crippen molar-refractivity contribution in [2.24, 2.45) is 0 Å². The Kier molecular flexibility index (Phi) is 2.50. The molecule has 0 spiro atoms. The molecular weight excluding hydrogens is 196 g/mol. The van der Waals surface area contributed by atoms with Crippen LogP contribution >= 0.6 is 0 Å². The molecule has 0 fully saturated rings. The molecular formula is C7H9F2N3O2. The van der Waals surface area contributed by atoms with Crippen molar-refractivity contribution in [1.29, 1.82) is 0 Å². The highest BCUT2D eigenvalue weighted by Gasteiger charge is 2.38. The largest absolute Gasteiger partial charge is 0.476 e. The summed E-state index contributed by atoms with van der Waals surface area (Å²) in [6.07, 6.45) is -2.70. The van der Waals surface area contributed by atoms with Crippen LogP contribution in [0.15, 0.2) is 0 Å². The zero-order valence-corrected chi connectivity index (χ0v) is 7.58. The Morgan fingerprint density at radius 2 is 2.07 bits per heavy atom. The van der Waals surface area contributed by atoms with Gasteiger partial charge in [0.05, 0.1) is 5.41 Å². The van der Waals surface area contributed by atoms with Crippen molar-refractivity contribution in [3.63, 3.8) is 0 Å². The second kappa shape index (κ2) is 3.32. The normalized spacial score (nSPS) is 12.1. The Morgan fingerprint density at radius 3 is 2.50 bits per heavy atom. The zero-order valence-electron chi connectivity index (χ0n) is 7.58. The number of hydrogen-bond acceptors (Lipinski definition) is 3. The van der Waals surface area contributed by atoms with E-state index in [0.717, 1.165) is 0 Å². The van der Waals surface area contributed by atoms with Crippen LogP contribution in [0.3, 0.4) is 0 Å². The number of aromatic amines is 1. The second-order valence-corrected chi connectivity index (χ2v) is 3.35. The molecule has 0 radical (unpaired) electrons. The number of carboxylic acid groups (broad SMARTS) is 1. The van der Waals surface area contributed by atoms with E-state index in [1.54, 1.807) is 0 Å². The summed E-state index contributed by atoms with van der Waals surface area (Å²) in [4.78, 5) is 10.6. The van der Waals surface area contributed by atoms with Crippen LogP contribution in [0.25, 0.3) is 0 Å². The molecule has 1 heterocycles. The van der Waals surface area contributed by atoms with Crippen molar-refractivity contribution in [1.82, 2.24) is 15.4 Å². The SMILES string of the molecule is CC(C)(c1n[nH]nc1C(=O)O)C(F)F. The molecule has 1 rings (SSSR count). The van der Waals surface area contributed by atoms with Gasteiger partial charge in [0.1, 0.15) is 5.69 Å². The molecule has 0 atom stereocenters. The summed E-state index contributed by atoms with van der Waals surface area (Å²) in [5.74, 6) is -1.37. The molecule has 0 amide bonds. The molecule has 0 aliphatic heterocycles. The lowest BCUT2D eigenvalue weighted by atomic mass is 9.88. The van der Waals surface area contributed by atoms with Crippen LogP contribution in [0.2, 0.25) is 0 Å². The van der Waals surface area contributed by atoms with E-state index in [0.29, 0.717) is 0 Å². The molecule has 0 unspecified atom stereocenters. The van der Waals surface area contributed by atoms with E-state index in [-0.39, 0.29) is 5.69 Å². The molecule has 0 bridgehead atoms. The molecule has 2 N–H and O–H groups in total. The third-order valence-corrected chi connectivity index (χ3v) is 1.91.